The minimum atomic E-state index is -0.467. The summed E-state index contributed by atoms with van der Waals surface area (Å²) < 4.78 is 0. The molecule has 1 aromatic carbocycles. The van der Waals surface area contributed by atoms with Gasteiger partial charge in [-0.2, -0.15) is 0 Å². The van der Waals surface area contributed by atoms with E-state index in [4.69, 9.17) is 12.8 Å². The molecule has 0 aromatic heterocycles. The highest BCUT2D eigenvalue weighted by Crippen LogP contribution is 2.03. The van der Waals surface area contributed by atoms with Gasteiger partial charge in [0.15, 0.2) is 0 Å². The van der Waals surface area contributed by atoms with E-state index in [9.17, 15) is 5.11 Å². The highest BCUT2D eigenvalue weighted by atomic mass is 16.3. The zero-order chi connectivity index (χ0) is 14.8. The first-order chi connectivity index (χ1) is 9.65. The third-order valence-corrected chi connectivity index (χ3v) is 2.92. The van der Waals surface area contributed by atoms with Crippen molar-refractivity contribution in [3.8, 4) is 24.7 Å². The molecule has 1 aromatic rings. The molecule has 106 valence electrons. The molecule has 0 aliphatic heterocycles. The quantitative estimate of drug-likeness (QED) is 0.715. The van der Waals surface area contributed by atoms with Gasteiger partial charge in [0.1, 0.15) is 0 Å². The number of nitrogens with zero attached hydrogens (tertiary/aromatic N) is 2. The van der Waals surface area contributed by atoms with E-state index in [2.05, 4.69) is 28.9 Å². The summed E-state index contributed by atoms with van der Waals surface area (Å²) in [5, 5.41) is 10.1. The van der Waals surface area contributed by atoms with Crippen LogP contribution in [-0.2, 0) is 6.54 Å². The van der Waals surface area contributed by atoms with Crippen molar-refractivity contribution in [3.05, 3.63) is 35.9 Å². The molecule has 1 N–H and O–H groups in total. The van der Waals surface area contributed by atoms with Gasteiger partial charge in [0.05, 0.1) is 19.2 Å². The Balaban J connectivity index is 2.39. The first-order valence-electron chi connectivity index (χ1n) is 6.65. The van der Waals surface area contributed by atoms with Crippen LogP contribution in [0.2, 0.25) is 0 Å². The minimum Gasteiger partial charge on any atom is -0.390 e. The molecule has 0 radical (unpaired) electrons. The summed E-state index contributed by atoms with van der Waals surface area (Å²) in [5.74, 6) is 5.11. The molecule has 3 nitrogen and oxygen atoms in total. The van der Waals surface area contributed by atoms with Crippen LogP contribution in [0.25, 0.3) is 0 Å². The molecule has 0 fully saturated rings. The molecular formula is C17H22N2O. The van der Waals surface area contributed by atoms with Crippen molar-refractivity contribution in [3.63, 3.8) is 0 Å². The van der Waals surface area contributed by atoms with Crippen molar-refractivity contribution in [2.45, 2.75) is 12.6 Å². The molecule has 3 heteroatoms. The summed E-state index contributed by atoms with van der Waals surface area (Å²) in [5.41, 5.74) is 1.23. The van der Waals surface area contributed by atoms with Crippen molar-refractivity contribution in [2.24, 2.45) is 0 Å². The van der Waals surface area contributed by atoms with Crippen LogP contribution in [0.5, 0.6) is 0 Å². The topological polar surface area (TPSA) is 26.7 Å². The zero-order valence-electron chi connectivity index (χ0n) is 12.0. The molecule has 1 atom stereocenters. The molecule has 0 bridgehead atoms. The number of benzene rings is 1. The summed E-state index contributed by atoms with van der Waals surface area (Å²) in [6.45, 7) is 2.81. The average Bonchev–Trinajstić information content (AvgIpc) is 2.40. The monoisotopic (exact) mass is 270 g/mol. The number of likely N-dealkylation sites (N-methyl/N-ethyl adjacent to an activating group) is 1. The van der Waals surface area contributed by atoms with Gasteiger partial charge >= 0.3 is 0 Å². The van der Waals surface area contributed by atoms with Gasteiger partial charge in [-0.3, -0.25) is 9.80 Å². The fraction of sp³-hybridized carbons (Fsp3) is 0.412. The van der Waals surface area contributed by atoms with Crippen molar-refractivity contribution >= 4 is 0 Å². The van der Waals surface area contributed by atoms with E-state index in [0.717, 1.165) is 6.54 Å². The van der Waals surface area contributed by atoms with E-state index in [1.165, 1.54) is 5.56 Å². The largest absolute Gasteiger partial charge is 0.390 e. The lowest BCUT2D eigenvalue weighted by Crippen LogP contribution is -2.39. The molecule has 0 aliphatic rings. The predicted octanol–water partition coefficient (Wildman–Crippen LogP) is 1.05. The van der Waals surface area contributed by atoms with Gasteiger partial charge in [0.2, 0.25) is 0 Å². The number of hydrogen-bond donors (Lipinski definition) is 1. The Morgan fingerprint density at radius 3 is 2.25 bits per heavy atom. The Kier molecular flexibility index (Phi) is 7.47. The Morgan fingerprint density at radius 2 is 1.70 bits per heavy atom. The second-order valence-electron chi connectivity index (χ2n) is 4.91. The molecular weight excluding hydrogens is 248 g/mol. The maximum absolute atomic E-state index is 10.1. The summed E-state index contributed by atoms with van der Waals surface area (Å²) >= 11 is 0. The van der Waals surface area contributed by atoms with E-state index in [-0.39, 0.29) is 0 Å². The first kappa shape index (κ1) is 16.3. The summed E-state index contributed by atoms with van der Waals surface area (Å²) in [6, 6.07) is 10.2. The van der Waals surface area contributed by atoms with Crippen LogP contribution in [-0.4, -0.2) is 54.2 Å². The maximum Gasteiger partial charge on any atom is 0.0794 e. The van der Waals surface area contributed by atoms with Crippen molar-refractivity contribution in [1.29, 1.82) is 0 Å². The predicted molar refractivity (Wildman–Crippen MR) is 82.9 cm³/mol. The van der Waals surface area contributed by atoms with Crippen LogP contribution >= 0.6 is 0 Å². The molecule has 20 heavy (non-hydrogen) atoms. The number of terminal acetylenes is 2. The number of aliphatic hydroxyl groups excluding tert-OH is 1. The Hall–Kier alpha value is -1.78. The smallest absolute Gasteiger partial charge is 0.0794 e. The van der Waals surface area contributed by atoms with Gasteiger partial charge in [-0.05, 0) is 12.6 Å². The molecule has 0 amide bonds. The standard InChI is InChI=1S/C17H22N2O/c1-4-11-19(12-5-2)15-17(20)14-18(3)13-16-9-7-6-8-10-16/h1-2,6-10,17,20H,11-15H2,3H3. The van der Waals surface area contributed by atoms with Crippen LogP contribution in [0.3, 0.4) is 0 Å². The van der Waals surface area contributed by atoms with Gasteiger partial charge in [-0.25, -0.2) is 0 Å². The summed E-state index contributed by atoms with van der Waals surface area (Å²) in [4.78, 5) is 3.98. The van der Waals surface area contributed by atoms with Gasteiger partial charge in [0.25, 0.3) is 0 Å². The number of hydrogen-bond acceptors (Lipinski definition) is 3. The minimum absolute atomic E-state index is 0.462. The van der Waals surface area contributed by atoms with Gasteiger partial charge in [0, 0.05) is 19.6 Å². The fourth-order valence-corrected chi connectivity index (χ4v) is 2.12. The van der Waals surface area contributed by atoms with E-state index in [0.29, 0.717) is 26.2 Å². The molecule has 0 saturated carbocycles. The van der Waals surface area contributed by atoms with Gasteiger partial charge < -0.3 is 5.11 Å². The van der Waals surface area contributed by atoms with Gasteiger partial charge in [-0.15, -0.1) is 12.8 Å². The van der Waals surface area contributed by atoms with Crippen molar-refractivity contribution < 1.29 is 5.11 Å². The lowest BCUT2D eigenvalue weighted by Gasteiger charge is -2.25. The second kappa shape index (κ2) is 9.18. The lowest BCUT2D eigenvalue weighted by atomic mass is 10.2. The van der Waals surface area contributed by atoms with Crippen LogP contribution in [0, 0.1) is 24.7 Å². The van der Waals surface area contributed by atoms with E-state index in [1.54, 1.807) is 0 Å². The zero-order valence-corrected chi connectivity index (χ0v) is 12.0. The maximum atomic E-state index is 10.1. The highest BCUT2D eigenvalue weighted by molar-refractivity contribution is 5.14. The van der Waals surface area contributed by atoms with E-state index >= 15 is 0 Å². The van der Waals surface area contributed by atoms with E-state index < -0.39 is 6.10 Å². The SMILES string of the molecule is C#CCN(CC#C)CC(O)CN(C)Cc1ccccc1. The van der Waals surface area contributed by atoms with Gasteiger partial charge in [-0.1, -0.05) is 42.2 Å². The summed E-state index contributed by atoms with van der Waals surface area (Å²) in [7, 11) is 1.99. The third kappa shape index (κ3) is 6.41. The van der Waals surface area contributed by atoms with Crippen LogP contribution in [0.15, 0.2) is 30.3 Å². The average molecular weight is 270 g/mol. The molecule has 0 saturated heterocycles. The molecule has 1 rings (SSSR count). The Labute approximate surface area is 122 Å². The molecule has 0 spiro atoms. The highest BCUT2D eigenvalue weighted by Gasteiger charge is 2.12. The lowest BCUT2D eigenvalue weighted by molar-refractivity contribution is 0.0891. The van der Waals surface area contributed by atoms with Crippen molar-refractivity contribution in [2.75, 3.05) is 33.2 Å². The molecule has 1 unspecified atom stereocenters. The normalized spacial score (nSPS) is 12.1. The molecule has 0 heterocycles. The number of aliphatic hydroxyl groups is 1. The van der Waals surface area contributed by atoms with Crippen LogP contribution in [0.1, 0.15) is 5.56 Å². The van der Waals surface area contributed by atoms with Crippen molar-refractivity contribution in [1.82, 2.24) is 9.80 Å². The molecule has 0 aliphatic carbocycles. The first-order valence-corrected chi connectivity index (χ1v) is 6.65. The van der Waals surface area contributed by atoms with Crippen LogP contribution < -0.4 is 0 Å². The summed E-state index contributed by atoms with van der Waals surface area (Å²) in [6.07, 6.45) is 10.1. The number of rotatable bonds is 8. The Bertz CT molecular complexity index is 442. The van der Waals surface area contributed by atoms with E-state index in [1.807, 2.05) is 30.1 Å². The van der Waals surface area contributed by atoms with Crippen LogP contribution in [0.4, 0.5) is 0 Å². The third-order valence-electron chi connectivity index (χ3n) is 2.92. The second-order valence-corrected chi connectivity index (χ2v) is 4.91. The Morgan fingerprint density at radius 1 is 1.10 bits per heavy atom. The fourth-order valence-electron chi connectivity index (χ4n) is 2.12.